The second kappa shape index (κ2) is 7.34. The Bertz CT molecular complexity index is 781. The maximum atomic E-state index is 12.3. The van der Waals surface area contributed by atoms with Crippen LogP contribution in [-0.2, 0) is 11.2 Å². The topological polar surface area (TPSA) is 104 Å². The van der Waals surface area contributed by atoms with Crippen LogP contribution in [0.15, 0.2) is 18.2 Å². The van der Waals surface area contributed by atoms with Crippen molar-refractivity contribution in [3.8, 4) is 0 Å². The van der Waals surface area contributed by atoms with Crippen LogP contribution in [0.25, 0.3) is 0 Å². The number of hydrogen-bond donors (Lipinski definition) is 3. The SMILES string of the molecule is CN(C)C(=O)CCc1cccc(C(=O)Nc2n[nH]c(=S)s2)c1N. The van der Waals surface area contributed by atoms with E-state index >= 15 is 0 Å². The molecule has 7 nitrogen and oxygen atoms in total. The van der Waals surface area contributed by atoms with Crippen molar-refractivity contribution in [2.75, 3.05) is 25.1 Å². The Balaban J connectivity index is 2.13. The average Bonchev–Trinajstić information content (AvgIpc) is 2.90. The Morgan fingerprint density at radius 1 is 1.43 bits per heavy atom. The number of amides is 2. The molecule has 2 rings (SSSR count). The Labute approximate surface area is 142 Å². The maximum Gasteiger partial charge on any atom is 0.259 e. The number of anilines is 2. The van der Waals surface area contributed by atoms with Gasteiger partial charge in [0.1, 0.15) is 0 Å². The number of aromatic nitrogens is 2. The van der Waals surface area contributed by atoms with Gasteiger partial charge in [0.25, 0.3) is 5.91 Å². The molecule has 0 saturated carbocycles. The molecule has 0 fully saturated rings. The number of nitrogens with one attached hydrogen (secondary N) is 2. The largest absolute Gasteiger partial charge is 0.398 e. The van der Waals surface area contributed by atoms with Crippen LogP contribution >= 0.6 is 23.6 Å². The third-order valence-corrected chi connectivity index (χ3v) is 4.21. The van der Waals surface area contributed by atoms with E-state index in [1.165, 1.54) is 4.90 Å². The summed E-state index contributed by atoms with van der Waals surface area (Å²) in [5, 5.41) is 9.50. The summed E-state index contributed by atoms with van der Waals surface area (Å²) in [6, 6.07) is 5.19. The van der Waals surface area contributed by atoms with E-state index in [4.69, 9.17) is 18.0 Å². The number of nitrogen functional groups attached to an aromatic ring is 1. The molecule has 1 aromatic heterocycles. The van der Waals surface area contributed by atoms with Crippen molar-refractivity contribution < 1.29 is 9.59 Å². The first-order chi connectivity index (χ1) is 10.9. The normalized spacial score (nSPS) is 10.3. The number of carbonyl (C=O) groups is 2. The van der Waals surface area contributed by atoms with Crippen LogP contribution in [0, 0.1) is 3.95 Å². The number of H-pyrrole nitrogens is 1. The van der Waals surface area contributed by atoms with Gasteiger partial charge in [0.05, 0.1) is 5.56 Å². The van der Waals surface area contributed by atoms with Gasteiger partial charge in [-0.05, 0) is 30.3 Å². The molecule has 4 N–H and O–H groups in total. The highest BCUT2D eigenvalue weighted by molar-refractivity contribution is 7.73. The fourth-order valence-electron chi connectivity index (χ4n) is 1.94. The maximum absolute atomic E-state index is 12.3. The lowest BCUT2D eigenvalue weighted by Crippen LogP contribution is -2.22. The van der Waals surface area contributed by atoms with Gasteiger partial charge in [0, 0.05) is 26.2 Å². The molecule has 9 heteroatoms. The van der Waals surface area contributed by atoms with E-state index in [9.17, 15) is 9.59 Å². The van der Waals surface area contributed by atoms with Crippen molar-refractivity contribution in [3.63, 3.8) is 0 Å². The zero-order chi connectivity index (χ0) is 17.0. The molecule has 0 atom stereocenters. The molecular weight excluding hydrogens is 334 g/mol. The minimum atomic E-state index is -0.360. The number of aryl methyl sites for hydroxylation is 1. The van der Waals surface area contributed by atoms with Crippen molar-refractivity contribution in [1.82, 2.24) is 15.1 Å². The third kappa shape index (κ3) is 4.36. The summed E-state index contributed by atoms with van der Waals surface area (Å²) >= 11 is 6.08. The molecule has 0 aliphatic rings. The zero-order valence-electron chi connectivity index (χ0n) is 12.8. The Hall–Kier alpha value is -2.26. The smallest absolute Gasteiger partial charge is 0.259 e. The second-order valence-electron chi connectivity index (χ2n) is 5.04. The summed E-state index contributed by atoms with van der Waals surface area (Å²) < 4.78 is 0.476. The van der Waals surface area contributed by atoms with Crippen LogP contribution in [0.2, 0.25) is 0 Å². The number of rotatable bonds is 5. The van der Waals surface area contributed by atoms with E-state index in [1.54, 1.807) is 26.2 Å². The number of nitrogens with zero attached hydrogens (tertiary/aromatic N) is 2. The van der Waals surface area contributed by atoms with Gasteiger partial charge >= 0.3 is 0 Å². The quantitative estimate of drug-likeness (QED) is 0.565. The predicted octanol–water partition coefficient (Wildman–Crippen LogP) is 2.06. The number of nitrogens with two attached hydrogens (primary N) is 1. The standard InChI is InChI=1S/C14H17N5O2S2/c1-19(2)10(20)7-6-8-4-3-5-9(11(8)15)12(21)16-13-17-18-14(22)23-13/h3-5H,6-7,15H2,1-2H3,(H,18,22)(H,16,17,21). The van der Waals surface area contributed by atoms with Gasteiger partial charge in [0.15, 0.2) is 3.95 Å². The van der Waals surface area contributed by atoms with Gasteiger partial charge < -0.3 is 10.6 Å². The monoisotopic (exact) mass is 351 g/mol. The van der Waals surface area contributed by atoms with E-state index in [0.29, 0.717) is 33.2 Å². The third-order valence-electron chi connectivity index (χ3n) is 3.21. The minimum absolute atomic E-state index is 0.00977. The molecule has 23 heavy (non-hydrogen) atoms. The van der Waals surface area contributed by atoms with E-state index < -0.39 is 0 Å². The summed E-state index contributed by atoms with van der Waals surface area (Å²) in [5.41, 5.74) is 7.56. The first-order valence-corrected chi connectivity index (χ1v) is 8.05. The van der Waals surface area contributed by atoms with Gasteiger partial charge in [0.2, 0.25) is 11.0 Å². The lowest BCUT2D eigenvalue weighted by Gasteiger charge is -2.12. The number of aromatic amines is 1. The molecule has 0 aliphatic carbocycles. The van der Waals surface area contributed by atoms with Crippen LogP contribution in [0.3, 0.4) is 0 Å². The van der Waals surface area contributed by atoms with Gasteiger partial charge in [-0.15, -0.1) is 5.10 Å². The Morgan fingerprint density at radius 3 is 2.78 bits per heavy atom. The van der Waals surface area contributed by atoms with E-state index in [-0.39, 0.29) is 11.8 Å². The van der Waals surface area contributed by atoms with Crippen molar-refractivity contribution in [3.05, 3.63) is 33.3 Å². The molecule has 0 saturated heterocycles. The zero-order valence-corrected chi connectivity index (χ0v) is 14.4. The lowest BCUT2D eigenvalue weighted by atomic mass is 10.0. The summed E-state index contributed by atoms with van der Waals surface area (Å²) in [7, 11) is 3.40. The molecule has 2 amide bonds. The number of para-hydroxylation sites is 1. The van der Waals surface area contributed by atoms with Crippen LogP contribution in [0.5, 0.6) is 0 Å². The summed E-state index contributed by atoms with van der Waals surface area (Å²) in [6.07, 6.45) is 0.814. The predicted molar refractivity (Wildman–Crippen MR) is 93.1 cm³/mol. The van der Waals surface area contributed by atoms with E-state index in [0.717, 1.165) is 16.9 Å². The van der Waals surface area contributed by atoms with Gasteiger partial charge in [-0.3, -0.25) is 20.0 Å². The second-order valence-corrected chi connectivity index (χ2v) is 6.70. The minimum Gasteiger partial charge on any atom is -0.398 e. The lowest BCUT2D eigenvalue weighted by molar-refractivity contribution is -0.128. The molecule has 2 aromatic rings. The molecule has 0 radical (unpaired) electrons. The fraction of sp³-hybridized carbons (Fsp3) is 0.286. The number of carbonyl (C=O) groups excluding carboxylic acids is 2. The molecule has 122 valence electrons. The number of benzene rings is 1. The van der Waals surface area contributed by atoms with Crippen LogP contribution < -0.4 is 11.1 Å². The van der Waals surface area contributed by atoms with E-state index in [2.05, 4.69) is 15.5 Å². The summed E-state index contributed by atoms with van der Waals surface area (Å²) in [5.74, 6) is -0.350. The molecule has 0 bridgehead atoms. The van der Waals surface area contributed by atoms with Crippen molar-refractivity contribution in [2.45, 2.75) is 12.8 Å². The highest BCUT2D eigenvalue weighted by Crippen LogP contribution is 2.21. The molecule has 0 unspecified atom stereocenters. The van der Waals surface area contributed by atoms with Crippen LogP contribution in [0.1, 0.15) is 22.3 Å². The Morgan fingerprint density at radius 2 is 2.17 bits per heavy atom. The molecule has 1 heterocycles. The molecular formula is C14H17N5O2S2. The van der Waals surface area contributed by atoms with E-state index in [1.807, 2.05) is 6.07 Å². The van der Waals surface area contributed by atoms with Crippen LogP contribution in [-0.4, -0.2) is 41.0 Å². The number of hydrogen-bond acceptors (Lipinski definition) is 6. The molecule has 0 aliphatic heterocycles. The van der Waals surface area contributed by atoms with Gasteiger partial charge in [-0.1, -0.05) is 23.5 Å². The van der Waals surface area contributed by atoms with Crippen molar-refractivity contribution in [2.24, 2.45) is 0 Å². The Kier molecular flexibility index (Phi) is 5.45. The van der Waals surface area contributed by atoms with Crippen molar-refractivity contribution >= 4 is 46.2 Å². The first-order valence-electron chi connectivity index (χ1n) is 6.83. The highest BCUT2D eigenvalue weighted by atomic mass is 32.1. The molecule has 0 spiro atoms. The van der Waals surface area contributed by atoms with Gasteiger partial charge in [-0.25, -0.2) is 0 Å². The highest BCUT2D eigenvalue weighted by Gasteiger charge is 2.15. The summed E-state index contributed by atoms with van der Waals surface area (Å²) in [4.78, 5) is 25.5. The fourth-order valence-corrected chi connectivity index (χ4v) is 2.73. The summed E-state index contributed by atoms with van der Waals surface area (Å²) in [6.45, 7) is 0. The van der Waals surface area contributed by atoms with Crippen molar-refractivity contribution in [1.29, 1.82) is 0 Å². The van der Waals surface area contributed by atoms with Crippen LogP contribution in [0.4, 0.5) is 10.8 Å². The average molecular weight is 351 g/mol. The van der Waals surface area contributed by atoms with Gasteiger partial charge in [-0.2, -0.15) is 0 Å². The molecule has 1 aromatic carbocycles. The first kappa shape index (κ1) is 17.1.